The van der Waals surface area contributed by atoms with E-state index in [1.54, 1.807) is 30.4 Å². The van der Waals surface area contributed by atoms with E-state index in [1.807, 2.05) is 44.2 Å². The number of hydrogen-bond donors (Lipinski definition) is 4. The van der Waals surface area contributed by atoms with E-state index in [2.05, 4.69) is 25.9 Å². The minimum atomic E-state index is -0.604. The zero-order chi connectivity index (χ0) is 25.4. The first kappa shape index (κ1) is 26.0. The summed E-state index contributed by atoms with van der Waals surface area (Å²) in [6.07, 6.45) is 6.13. The average molecular weight is 480 g/mol. The number of carbonyl (C=O) groups is 2. The third kappa shape index (κ3) is 6.48. The van der Waals surface area contributed by atoms with Gasteiger partial charge in [0.05, 0.1) is 30.7 Å². The molecule has 0 unspecified atom stereocenters. The van der Waals surface area contributed by atoms with E-state index < -0.39 is 18.1 Å². The largest absolute Gasteiger partial charge is 0.394 e. The number of aliphatic hydroxyl groups is 1. The summed E-state index contributed by atoms with van der Waals surface area (Å²) < 4.78 is 0. The Morgan fingerprint density at radius 3 is 2.57 bits per heavy atom. The first-order valence-corrected chi connectivity index (χ1v) is 11.7. The van der Waals surface area contributed by atoms with Gasteiger partial charge < -0.3 is 20.6 Å². The molecule has 0 bridgehead atoms. The lowest BCUT2D eigenvalue weighted by Gasteiger charge is -2.31. The number of aromatic nitrogens is 2. The highest BCUT2D eigenvalue weighted by Crippen LogP contribution is 2.24. The number of nitrogens with one attached hydrogen (secondary N) is 3. The van der Waals surface area contributed by atoms with Crippen LogP contribution in [0.25, 0.3) is 11.1 Å². The standard InChI is InChI=1S/C25H33N7O3/c1-16(2)23(27-13-17(3)31-26)25(35)32-12-4-5-22(32)24(34)30-21(15-33)19-8-6-18(7-9-19)20-10-11-28-29-14-20/h6-11,13-14,16,21-23,26-27,33H,4-5,12,15H2,1-3H3,(H,30,34)/b17-13-,31-26?/t21-,22-,23-/m0/s1. The maximum Gasteiger partial charge on any atom is 0.245 e. The molecule has 3 atom stereocenters. The summed E-state index contributed by atoms with van der Waals surface area (Å²) in [4.78, 5) is 28.1. The smallest absolute Gasteiger partial charge is 0.245 e. The van der Waals surface area contributed by atoms with Crippen molar-refractivity contribution in [2.24, 2.45) is 11.0 Å². The SMILES string of the molecule is C/C(=C/N[C@H](C(=O)N1CCC[C@H]1C(=O)N[C@@H](CO)c1ccc(-c2ccnnc2)cc1)C(C)C)N=N. The summed E-state index contributed by atoms with van der Waals surface area (Å²) in [7, 11) is 0. The van der Waals surface area contributed by atoms with Crippen LogP contribution in [0.15, 0.2) is 59.7 Å². The number of carbonyl (C=O) groups excluding carboxylic acids is 2. The van der Waals surface area contributed by atoms with Crippen LogP contribution >= 0.6 is 0 Å². The van der Waals surface area contributed by atoms with Gasteiger partial charge in [-0.15, -0.1) is 0 Å². The lowest BCUT2D eigenvalue weighted by molar-refractivity contribution is -0.141. The molecule has 1 aromatic heterocycles. The number of hydrogen-bond acceptors (Lipinski definition) is 8. The molecule has 1 fully saturated rings. The molecular weight excluding hydrogens is 446 g/mol. The van der Waals surface area contributed by atoms with E-state index in [4.69, 9.17) is 5.53 Å². The molecule has 0 spiro atoms. The van der Waals surface area contributed by atoms with Gasteiger partial charge in [-0.2, -0.15) is 15.3 Å². The molecular formula is C25H33N7O3. The molecule has 10 nitrogen and oxygen atoms in total. The predicted octanol–water partition coefficient (Wildman–Crippen LogP) is 2.79. The van der Waals surface area contributed by atoms with Crippen molar-refractivity contribution in [2.45, 2.75) is 51.7 Å². The number of allylic oxidation sites excluding steroid dienone is 1. The monoisotopic (exact) mass is 479 g/mol. The van der Waals surface area contributed by atoms with Crippen molar-refractivity contribution >= 4 is 11.8 Å². The van der Waals surface area contributed by atoms with Crippen molar-refractivity contribution in [1.82, 2.24) is 25.7 Å². The Kier molecular flexibility index (Phi) is 9.02. The molecule has 0 saturated carbocycles. The van der Waals surface area contributed by atoms with Crippen molar-refractivity contribution in [3.8, 4) is 11.1 Å². The maximum absolute atomic E-state index is 13.3. The van der Waals surface area contributed by atoms with Gasteiger partial charge in [-0.05, 0) is 42.9 Å². The van der Waals surface area contributed by atoms with Crippen molar-refractivity contribution in [3.63, 3.8) is 0 Å². The average Bonchev–Trinajstić information content (AvgIpc) is 3.37. The second-order valence-electron chi connectivity index (χ2n) is 8.97. The number of rotatable bonds is 10. The van der Waals surface area contributed by atoms with E-state index in [0.29, 0.717) is 18.7 Å². The van der Waals surface area contributed by atoms with Crippen LogP contribution in [0.3, 0.4) is 0 Å². The van der Waals surface area contributed by atoms with Gasteiger partial charge in [0, 0.05) is 18.3 Å². The van der Waals surface area contributed by atoms with Crippen LogP contribution in [0.4, 0.5) is 0 Å². The van der Waals surface area contributed by atoms with E-state index in [-0.39, 0.29) is 24.3 Å². The van der Waals surface area contributed by atoms with Crippen LogP contribution in [0.1, 0.15) is 45.2 Å². The van der Waals surface area contributed by atoms with Crippen LogP contribution in [0.5, 0.6) is 0 Å². The Morgan fingerprint density at radius 2 is 1.97 bits per heavy atom. The Morgan fingerprint density at radius 1 is 1.23 bits per heavy atom. The van der Waals surface area contributed by atoms with E-state index in [9.17, 15) is 14.7 Å². The molecule has 1 aliphatic rings. The van der Waals surface area contributed by atoms with Crippen LogP contribution in [-0.4, -0.2) is 57.3 Å². The summed E-state index contributed by atoms with van der Waals surface area (Å²) in [6.45, 7) is 5.75. The molecule has 0 radical (unpaired) electrons. The third-order valence-corrected chi connectivity index (χ3v) is 6.15. The van der Waals surface area contributed by atoms with E-state index in [0.717, 1.165) is 23.1 Å². The summed E-state index contributed by atoms with van der Waals surface area (Å²) in [5.41, 5.74) is 10.2. The second-order valence-corrected chi connectivity index (χ2v) is 8.97. The van der Waals surface area contributed by atoms with Gasteiger partial charge in [-0.25, -0.2) is 5.53 Å². The molecule has 3 rings (SSSR count). The zero-order valence-electron chi connectivity index (χ0n) is 20.3. The van der Waals surface area contributed by atoms with Crippen LogP contribution in [0, 0.1) is 11.4 Å². The molecule has 1 saturated heterocycles. The minimum Gasteiger partial charge on any atom is -0.394 e. The van der Waals surface area contributed by atoms with Gasteiger partial charge in [0.25, 0.3) is 0 Å². The lowest BCUT2D eigenvalue weighted by Crippen LogP contribution is -2.53. The minimum absolute atomic E-state index is 0.0269. The zero-order valence-corrected chi connectivity index (χ0v) is 20.3. The van der Waals surface area contributed by atoms with Crippen molar-refractivity contribution in [1.29, 1.82) is 5.53 Å². The molecule has 10 heteroatoms. The van der Waals surface area contributed by atoms with Gasteiger partial charge in [-0.1, -0.05) is 38.1 Å². The Labute approximate surface area is 205 Å². The third-order valence-electron chi connectivity index (χ3n) is 6.15. The van der Waals surface area contributed by atoms with Gasteiger partial charge >= 0.3 is 0 Å². The van der Waals surface area contributed by atoms with Crippen molar-refractivity contribution in [2.75, 3.05) is 13.2 Å². The number of benzene rings is 1. The number of aliphatic hydroxyl groups excluding tert-OH is 1. The summed E-state index contributed by atoms with van der Waals surface area (Å²) >= 11 is 0. The highest BCUT2D eigenvalue weighted by Gasteiger charge is 2.38. The topological polar surface area (TPSA) is 144 Å². The molecule has 35 heavy (non-hydrogen) atoms. The molecule has 4 N–H and O–H groups in total. The van der Waals surface area contributed by atoms with Gasteiger partial charge in [0.15, 0.2) is 0 Å². The first-order chi connectivity index (χ1) is 16.8. The van der Waals surface area contributed by atoms with Gasteiger partial charge in [-0.3, -0.25) is 9.59 Å². The molecule has 186 valence electrons. The lowest BCUT2D eigenvalue weighted by atomic mass is 10.0. The fourth-order valence-electron chi connectivity index (χ4n) is 4.14. The molecule has 0 aliphatic carbocycles. The van der Waals surface area contributed by atoms with Gasteiger partial charge in [0.1, 0.15) is 12.1 Å². The number of nitrogens with zero attached hydrogens (tertiary/aromatic N) is 4. The predicted molar refractivity (Wildman–Crippen MR) is 131 cm³/mol. The second kappa shape index (κ2) is 12.2. The summed E-state index contributed by atoms with van der Waals surface area (Å²) in [5, 5.41) is 27.0. The van der Waals surface area contributed by atoms with Crippen LogP contribution in [0.2, 0.25) is 0 Å². The quantitative estimate of drug-likeness (QED) is 0.386. The van der Waals surface area contributed by atoms with E-state index in [1.165, 1.54) is 0 Å². The molecule has 2 heterocycles. The highest BCUT2D eigenvalue weighted by atomic mass is 16.3. The van der Waals surface area contributed by atoms with Crippen LogP contribution < -0.4 is 10.6 Å². The number of likely N-dealkylation sites (tertiary alicyclic amines) is 1. The first-order valence-electron chi connectivity index (χ1n) is 11.7. The maximum atomic E-state index is 13.3. The fourth-order valence-corrected chi connectivity index (χ4v) is 4.14. The fraction of sp³-hybridized carbons (Fsp3) is 0.440. The highest BCUT2D eigenvalue weighted by molar-refractivity contribution is 5.90. The van der Waals surface area contributed by atoms with Crippen LogP contribution in [-0.2, 0) is 9.59 Å². The number of amides is 2. The van der Waals surface area contributed by atoms with Crippen molar-refractivity contribution < 1.29 is 14.7 Å². The Hall–Kier alpha value is -3.66. The molecule has 1 aliphatic heterocycles. The van der Waals surface area contributed by atoms with Crippen molar-refractivity contribution in [3.05, 3.63) is 60.2 Å². The Balaban J connectivity index is 1.70. The normalized spacial score (nSPS) is 17.7. The van der Waals surface area contributed by atoms with E-state index >= 15 is 0 Å². The molecule has 2 amide bonds. The molecule has 2 aromatic rings. The van der Waals surface area contributed by atoms with Gasteiger partial charge in [0.2, 0.25) is 11.8 Å². The summed E-state index contributed by atoms with van der Waals surface area (Å²) in [6, 6.07) is 7.66. The Bertz CT molecular complexity index is 1040. The molecule has 1 aromatic carbocycles. The summed E-state index contributed by atoms with van der Waals surface area (Å²) in [5.74, 6) is -0.476.